The van der Waals surface area contributed by atoms with Crippen molar-refractivity contribution in [1.82, 2.24) is 5.32 Å². The minimum atomic E-state index is -0.411. The number of methoxy groups -OCH3 is 2. The van der Waals surface area contributed by atoms with Crippen LogP contribution < -0.4 is 14.8 Å². The first-order valence-corrected chi connectivity index (χ1v) is 10.5. The van der Waals surface area contributed by atoms with Gasteiger partial charge < -0.3 is 14.6 Å². The Hall–Kier alpha value is -2.73. The van der Waals surface area contributed by atoms with Crippen molar-refractivity contribution in [2.75, 3.05) is 14.2 Å². The normalized spacial score (nSPS) is 18.4. The summed E-state index contributed by atoms with van der Waals surface area (Å²) in [7, 11) is 3.17. The van der Waals surface area contributed by atoms with Gasteiger partial charge in [0.05, 0.1) is 14.2 Å². The van der Waals surface area contributed by atoms with Crippen LogP contribution in [0.1, 0.15) is 35.3 Å². The van der Waals surface area contributed by atoms with Crippen molar-refractivity contribution in [3.8, 4) is 17.2 Å². The van der Waals surface area contributed by atoms with E-state index in [1.165, 1.54) is 7.11 Å². The Labute approximate surface area is 191 Å². The number of nitrogens with zero attached hydrogens (tertiary/aromatic N) is 1. The number of hydrogen-bond donors (Lipinski definition) is 2. The number of nitrogens with one attached hydrogen (secondary N) is 1. The van der Waals surface area contributed by atoms with E-state index < -0.39 is 6.17 Å². The molecule has 0 saturated heterocycles. The number of phenols is 1. The molecule has 0 fully saturated rings. The van der Waals surface area contributed by atoms with Gasteiger partial charge in [0.15, 0.2) is 11.5 Å². The second kappa shape index (κ2) is 9.18. The zero-order valence-electron chi connectivity index (χ0n) is 17.1. The van der Waals surface area contributed by atoms with Crippen LogP contribution in [0.5, 0.6) is 17.2 Å². The van der Waals surface area contributed by atoms with Gasteiger partial charge in [-0.05, 0) is 48.0 Å². The molecule has 0 spiro atoms. The third-order valence-corrected chi connectivity index (χ3v) is 5.91. The summed E-state index contributed by atoms with van der Waals surface area (Å²) < 4.78 is 10.6. The highest BCUT2D eigenvalue weighted by Crippen LogP contribution is 2.40. The summed E-state index contributed by atoms with van der Waals surface area (Å²) >= 11 is 12.6. The Morgan fingerprint density at radius 1 is 0.968 bits per heavy atom. The van der Waals surface area contributed by atoms with E-state index in [0.717, 1.165) is 28.2 Å². The van der Waals surface area contributed by atoms with Crippen molar-refractivity contribution in [2.24, 2.45) is 4.99 Å². The van der Waals surface area contributed by atoms with Crippen molar-refractivity contribution in [3.05, 3.63) is 87.4 Å². The number of para-hydroxylation sites is 1. The first-order chi connectivity index (χ1) is 15.0. The van der Waals surface area contributed by atoms with E-state index in [1.807, 2.05) is 42.5 Å². The third kappa shape index (κ3) is 4.49. The summed E-state index contributed by atoms with van der Waals surface area (Å²) in [5.41, 5.74) is 3.41. The lowest BCUT2D eigenvalue weighted by Crippen LogP contribution is -2.33. The lowest BCUT2D eigenvalue weighted by Gasteiger charge is -2.31. The Bertz CT molecular complexity index is 1120. The maximum absolute atomic E-state index is 10.7. The summed E-state index contributed by atoms with van der Waals surface area (Å²) in [6, 6.07) is 18.4. The van der Waals surface area contributed by atoms with Crippen LogP contribution in [0.4, 0.5) is 0 Å². The topological polar surface area (TPSA) is 63.1 Å². The van der Waals surface area contributed by atoms with Crippen molar-refractivity contribution >= 4 is 28.9 Å². The Morgan fingerprint density at radius 3 is 2.42 bits per heavy atom. The van der Waals surface area contributed by atoms with Crippen LogP contribution in [0.3, 0.4) is 0 Å². The molecule has 0 aliphatic carbocycles. The molecule has 1 aliphatic heterocycles. The van der Waals surface area contributed by atoms with E-state index in [-0.39, 0.29) is 11.8 Å². The molecule has 0 aromatic heterocycles. The van der Waals surface area contributed by atoms with Gasteiger partial charge in [0.25, 0.3) is 0 Å². The fourth-order valence-corrected chi connectivity index (χ4v) is 4.24. The summed E-state index contributed by atoms with van der Waals surface area (Å²) in [4.78, 5) is 4.94. The molecule has 3 aromatic carbocycles. The van der Waals surface area contributed by atoms with E-state index in [4.69, 9.17) is 37.7 Å². The molecule has 1 heterocycles. The minimum absolute atomic E-state index is 0.111. The maximum atomic E-state index is 10.7. The molecular weight excluding hydrogens is 435 g/mol. The van der Waals surface area contributed by atoms with E-state index in [9.17, 15) is 5.11 Å². The smallest absolute Gasteiger partial charge is 0.162 e. The summed E-state index contributed by atoms with van der Waals surface area (Å²) in [6.45, 7) is 0. The van der Waals surface area contributed by atoms with Gasteiger partial charge in [-0.2, -0.15) is 0 Å². The number of hydrogen-bond acceptors (Lipinski definition) is 5. The zero-order valence-corrected chi connectivity index (χ0v) is 18.6. The van der Waals surface area contributed by atoms with Crippen LogP contribution in [0.25, 0.3) is 0 Å². The SMILES string of the molecule is COc1ccc(C2=N[C@@H](c3ccc(Cl)cc3Cl)N[C@@H](c3cccc(OC)c3O)C2)cc1. The van der Waals surface area contributed by atoms with Crippen molar-refractivity contribution in [1.29, 1.82) is 0 Å². The number of benzene rings is 3. The van der Waals surface area contributed by atoms with Crippen molar-refractivity contribution in [3.63, 3.8) is 0 Å². The quantitative estimate of drug-likeness (QED) is 0.498. The van der Waals surface area contributed by atoms with Crippen molar-refractivity contribution < 1.29 is 14.6 Å². The summed E-state index contributed by atoms with van der Waals surface area (Å²) in [6.07, 6.45) is 0.167. The molecule has 7 heteroatoms. The number of phenolic OH excluding ortho intramolecular Hbond substituents is 1. The largest absolute Gasteiger partial charge is 0.504 e. The van der Waals surface area contributed by atoms with Gasteiger partial charge in [0, 0.05) is 39.3 Å². The molecular formula is C24H22Cl2N2O3. The fraction of sp³-hybridized carbons (Fsp3) is 0.208. The molecule has 0 unspecified atom stereocenters. The maximum Gasteiger partial charge on any atom is 0.162 e. The molecule has 3 aromatic rings. The predicted molar refractivity (Wildman–Crippen MR) is 124 cm³/mol. The van der Waals surface area contributed by atoms with E-state index >= 15 is 0 Å². The number of halogens is 2. The molecule has 2 N–H and O–H groups in total. The number of rotatable bonds is 5. The van der Waals surface area contributed by atoms with Crippen LogP contribution in [0.15, 0.2) is 65.7 Å². The zero-order chi connectivity index (χ0) is 22.0. The van der Waals surface area contributed by atoms with Gasteiger partial charge in [-0.3, -0.25) is 10.3 Å². The highest BCUT2D eigenvalue weighted by Gasteiger charge is 2.29. The molecule has 0 bridgehead atoms. The summed E-state index contributed by atoms with van der Waals surface area (Å²) in [5.74, 6) is 1.31. The first kappa shape index (κ1) is 21.5. The third-order valence-electron chi connectivity index (χ3n) is 5.35. The molecule has 160 valence electrons. The molecule has 1 aliphatic rings. The van der Waals surface area contributed by atoms with E-state index in [0.29, 0.717) is 22.2 Å². The molecule has 4 rings (SSSR count). The number of aliphatic imine (C=N–C) groups is 1. The van der Waals surface area contributed by atoms with Gasteiger partial charge in [-0.25, -0.2) is 0 Å². The minimum Gasteiger partial charge on any atom is -0.504 e. The van der Waals surface area contributed by atoms with Gasteiger partial charge in [0.2, 0.25) is 0 Å². The fourth-order valence-electron chi connectivity index (χ4n) is 3.73. The Balaban J connectivity index is 1.78. The molecule has 31 heavy (non-hydrogen) atoms. The lowest BCUT2D eigenvalue weighted by atomic mass is 9.93. The molecule has 5 nitrogen and oxygen atoms in total. The molecule has 0 amide bonds. The van der Waals surface area contributed by atoms with Crippen LogP contribution in [0, 0.1) is 0 Å². The van der Waals surface area contributed by atoms with E-state index in [1.54, 1.807) is 25.3 Å². The highest BCUT2D eigenvalue weighted by molar-refractivity contribution is 6.35. The van der Waals surface area contributed by atoms with Crippen LogP contribution >= 0.6 is 23.2 Å². The molecule has 0 saturated carbocycles. The first-order valence-electron chi connectivity index (χ1n) is 9.78. The van der Waals surface area contributed by atoms with Gasteiger partial charge in [-0.1, -0.05) is 41.4 Å². The second-order valence-corrected chi connectivity index (χ2v) is 8.04. The average molecular weight is 457 g/mol. The van der Waals surface area contributed by atoms with Crippen LogP contribution in [0.2, 0.25) is 10.0 Å². The Morgan fingerprint density at radius 2 is 1.74 bits per heavy atom. The van der Waals surface area contributed by atoms with Gasteiger partial charge in [-0.15, -0.1) is 0 Å². The average Bonchev–Trinajstić information content (AvgIpc) is 2.79. The highest BCUT2D eigenvalue weighted by atomic mass is 35.5. The van der Waals surface area contributed by atoms with Gasteiger partial charge >= 0.3 is 0 Å². The lowest BCUT2D eigenvalue weighted by molar-refractivity contribution is 0.360. The number of aromatic hydroxyl groups is 1. The van der Waals surface area contributed by atoms with E-state index in [2.05, 4.69) is 5.32 Å². The van der Waals surface area contributed by atoms with Gasteiger partial charge in [0.1, 0.15) is 11.9 Å². The monoisotopic (exact) mass is 456 g/mol. The van der Waals surface area contributed by atoms with Crippen LogP contribution in [-0.4, -0.2) is 25.0 Å². The summed E-state index contributed by atoms with van der Waals surface area (Å²) in [5, 5.41) is 15.3. The molecule has 0 radical (unpaired) electrons. The van der Waals surface area contributed by atoms with Crippen LogP contribution in [-0.2, 0) is 0 Å². The second-order valence-electron chi connectivity index (χ2n) is 7.19. The predicted octanol–water partition coefficient (Wildman–Crippen LogP) is 5.94. The number of ether oxygens (including phenoxy) is 2. The Kier molecular flexibility index (Phi) is 6.37. The van der Waals surface area contributed by atoms with Crippen molar-refractivity contribution in [2.45, 2.75) is 18.6 Å². The standard InChI is InChI=1S/C24H22Cl2N2O3/c1-30-16-9-6-14(7-10-16)20-13-21(18-4-3-5-22(31-2)23(18)29)28-24(27-20)17-11-8-15(25)12-19(17)26/h3-12,21,24,28-29H,13H2,1-2H3/t21-,24-/m1/s1. The molecule has 2 atom stereocenters.